The first-order valence-electron chi connectivity index (χ1n) is 6.40. The van der Waals surface area contributed by atoms with Gasteiger partial charge in [-0.05, 0) is 43.3 Å². The Balaban J connectivity index is 2.28. The summed E-state index contributed by atoms with van der Waals surface area (Å²) in [4.78, 5) is 12.1. The molecule has 0 saturated heterocycles. The summed E-state index contributed by atoms with van der Waals surface area (Å²) in [5, 5.41) is 19.7. The van der Waals surface area contributed by atoms with Crippen LogP contribution in [0.2, 0.25) is 0 Å². The van der Waals surface area contributed by atoms with Crippen LogP contribution in [-0.2, 0) is 0 Å². The molecule has 0 aliphatic carbocycles. The predicted molar refractivity (Wildman–Crippen MR) is 80.8 cm³/mol. The molecule has 2 rings (SSSR count). The van der Waals surface area contributed by atoms with E-state index >= 15 is 0 Å². The third-order valence-electron chi connectivity index (χ3n) is 3.07. The number of rotatable bonds is 4. The van der Waals surface area contributed by atoms with Crippen molar-refractivity contribution in [3.05, 3.63) is 65.2 Å². The quantitative estimate of drug-likeness (QED) is 0.512. The average molecular weight is 284 g/mol. The molecule has 0 atom stereocenters. The molecule has 2 aromatic carbocycles. The lowest BCUT2D eigenvalue weighted by Crippen LogP contribution is -1.98. The second kappa shape index (κ2) is 6.13. The minimum Gasteiger partial charge on any atom is -0.507 e. The molecule has 4 nitrogen and oxygen atoms in total. The van der Waals surface area contributed by atoms with Crippen LogP contribution in [0.3, 0.4) is 0 Å². The lowest BCUT2D eigenvalue weighted by molar-refractivity contribution is 0.104. The standard InChI is InChI=1S/C17H16O4/c1-11-3-8-15(18)14(9-11)17(20)10-16(19)12-4-6-13(21-2)7-5-12/h3-10,18-19H,1-2H3. The minimum absolute atomic E-state index is 0.107. The van der Waals surface area contributed by atoms with Crippen molar-refractivity contribution in [2.45, 2.75) is 6.92 Å². The van der Waals surface area contributed by atoms with Crippen molar-refractivity contribution < 1.29 is 19.7 Å². The Labute approximate surface area is 122 Å². The summed E-state index contributed by atoms with van der Waals surface area (Å²) in [7, 11) is 1.55. The SMILES string of the molecule is COc1ccc(C(O)=CC(=O)c2cc(C)ccc2O)cc1. The van der Waals surface area contributed by atoms with Gasteiger partial charge in [-0.15, -0.1) is 0 Å². The topological polar surface area (TPSA) is 66.8 Å². The lowest BCUT2D eigenvalue weighted by atomic mass is 10.0. The predicted octanol–water partition coefficient (Wildman–Crippen LogP) is 3.49. The summed E-state index contributed by atoms with van der Waals surface area (Å²) in [6, 6.07) is 11.4. The normalized spacial score (nSPS) is 11.2. The van der Waals surface area contributed by atoms with Gasteiger partial charge in [-0.1, -0.05) is 11.6 Å². The molecule has 0 aliphatic heterocycles. The Bertz CT molecular complexity index is 684. The fraction of sp³-hybridized carbons (Fsp3) is 0.118. The summed E-state index contributed by atoms with van der Waals surface area (Å²) in [5.41, 5.74) is 1.51. The van der Waals surface area contributed by atoms with Gasteiger partial charge in [0.05, 0.1) is 12.7 Å². The maximum atomic E-state index is 12.1. The summed E-state index contributed by atoms with van der Waals surface area (Å²) >= 11 is 0. The van der Waals surface area contributed by atoms with Gasteiger partial charge >= 0.3 is 0 Å². The van der Waals surface area contributed by atoms with E-state index in [0.717, 1.165) is 11.6 Å². The number of methoxy groups -OCH3 is 1. The molecule has 0 saturated carbocycles. The fourth-order valence-electron chi connectivity index (χ4n) is 1.89. The zero-order chi connectivity index (χ0) is 15.4. The summed E-state index contributed by atoms with van der Waals surface area (Å²) in [6.45, 7) is 1.82. The number of benzene rings is 2. The first-order valence-corrected chi connectivity index (χ1v) is 6.40. The van der Waals surface area contributed by atoms with Crippen LogP contribution in [0, 0.1) is 6.92 Å². The number of aromatic hydroxyl groups is 1. The van der Waals surface area contributed by atoms with Crippen molar-refractivity contribution in [3.8, 4) is 11.5 Å². The largest absolute Gasteiger partial charge is 0.507 e. The van der Waals surface area contributed by atoms with Gasteiger partial charge in [-0.25, -0.2) is 0 Å². The van der Waals surface area contributed by atoms with E-state index in [2.05, 4.69) is 0 Å². The number of ether oxygens (including phenoxy) is 1. The van der Waals surface area contributed by atoms with Crippen LogP contribution in [-0.4, -0.2) is 23.1 Å². The van der Waals surface area contributed by atoms with Crippen molar-refractivity contribution in [1.82, 2.24) is 0 Å². The molecule has 0 unspecified atom stereocenters. The first kappa shape index (κ1) is 14.7. The third kappa shape index (κ3) is 3.42. The second-order valence-corrected chi connectivity index (χ2v) is 4.64. The van der Waals surface area contributed by atoms with Crippen molar-refractivity contribution in [2.24, 2.45) is 0 Å². The minimum atomic E-state index is -0.454. The number of carbonyl (C=O) groups excluding carboxylic acids is 1. The van der Waals surface area contributed by atoms with E-state index in [4.69, 9.17) is 4.74 Å². The first-order chi connectivity index (χ1) is 10.0. The number of aliphatic hydroxyl groups is 1. The molecule has 2 aromatic rings. The molecular weight excluding hydrogens is 268 g/mol. The smallest absolute Gasteiger partial charge is 0.193 e. The van der Waals surface area contributed by atoms with E-state index in [1.807, 2.05) is 6.92 Å². The zero-order valence-electron chi connectivity index (χ0n) is 11.8. The van der Waals surface area contributed by atoms with E-state index in [-0.39, 0.29) is 17.1 Å². The Morgan fingerprint density at radius 1 is 1.14 bits per heavy atom. The number of hydrogen-bond donors (Lipinski definition) is 2. The monoisotopic (exact) mass is 284 g/mol. The average Bonchev–Trinajstić information content (AvgIpc) is 2.49. The molecule has 0 fully saturated rings. The van der Waals surface area contributed by atoms with Gasteiger partial charge in [0, 0.05) is 11.6 Å². The van der Waals surface area contributed by atoms with Crippen molar-refractivity contribution in [2.75, 3.05) is 7.11 Å². The van der Waals surface area contributed by atoms with Gasteiger partial charge in [0.15, 0.2) is 5.78 Å². The van der Waals surface area contributed by atoms with Crippen molar-refractivity contribution in [1.29, 1.82) is 0 Å². The fourth-order valence-corrected chi connectivity index (χ4v) is 1.89. The number of allylic oxidation sites excluding steroid dienone is 1. The van der Waals surface area contributed by atoms with E-state index < -0.39 is 5.78 Å². The maximum absolute atomic E-state index is 12.1. The Morgan fingerprint density at radius 2 is 1.81 bits per heavy atom. The van der Waals surface area contributed by atoms with Crippen molar-refractivity contribution >= 4 is 11.5 Å². The van der Waals surface area contributed by atoms with E-state index in [0.29, 0.717) is 11.3 Å². The molecule has 0 amide bonds. The van der Waals surface area contributed by atoms with Crippen LogP contribution < -0.4 is 4.74 Å². The van der Waals surface area contributed by atoms with Crippen LogP contribution >= 0.6 is 0 Å². The second-order valence-electron chi connectivity index (χ2n) is 4.64. The Morgan fingerprint density at radius 3 is 2.43 bits per heavy atom. The molecule has 2 N–H and O–H groups in total. The van der Waals surface area contributed by atoms with Crippen molar-refractivity contribution in [3.63, 3.8) is 0 Å². The van der Waals surface area contributed by atoms with E-state index in [1.165, 1.54) is 6.07 Å². The number of aryl methyl sites for hydroxylation is 1. The van der Waals surface area contributed by atoms with Gasteiger partial charge in [0.1, 0.15) is 17.3 Å². The highest BCUT2D eigenvalue weighted by Crippen LogP contribution is 2.22. The number of phenolic OH excluding ortho intramolecular Hbond substituents is 1. The highest BCUT2D eigenvalue weighted by Gasteiger charge is 2.11. The molecule has 0 bridgehead atoms. The van der Waals surface area contributed by atoms with Gasteiger partial charge in [0.25, 0.3) is 0 Å². The van der Waals surface area contributed by atoms with E-state index in [1.54, 1.807) is 43.5 Å². The molecule has 4 heteroatoms. The molecular formula is C17H16O4. The lowest BCUT2D eigenvalue weighted by Gasteiger charge is -2.04. The number of hydrogen-bond acceptors (Lipinski definition) is 4. The number of phenols is 1. The number of carbonyl (C=O) groups is 1. The van der Waals surface area contributed by atoms with Crippen LogP contribution in [0.25, 0.3) is 5.76 Å². The zero-order valence-corrected chi connectivity index (χ0v) is 11.8. The van der Waals surface area contributed by atoms with Gasteiger partial charge in [0.2, 0.25) is 0 Å². The molecule has 21 heavy (non-hydrogen) atoms. The third-order valence-corrected chi connectivity index (χ3v) is 3.07. The van der Waals surface area contributed by atoms with Gasteiger partial charge in [-0.2, -0.15) is 0 Å². The highest BCUT2D eigenvalue weighted by molar-refractivity contribution is 6.09. The van der Waals surface area contributed by atoms with Crippen LogP contribution in [0.4, 0.5) is 0 Å². The van der Waals surface area contributed by atoms with Crippen LogP contribution in [0.15, 0.2) is 48.5 Å². The number of ketones is 1. The Hall–Kier alpha value is -2.75. The molecule has 108 valence electrons. The summed E-state index contributed by atoms with van der Waals surface area (Å²) in [5.74, 6) is -0.0633. The van der Waals surface area contributed by atoms with Crippen LogP contribution in [0.5, 0.6) is 11.5 Å². The molecule has 0 heterocycles. The molecule has 0 aromatic heterocycles. The summed E-state index contributed by atoms with van der Waals surface area (Å²) < 4.78 is 5.03. The summed E-state index contributed by atoms with van der Waals surface area (Å²) in [6.07, 6.45) is 1.09. The highest BCUT2D eigenvalue weighted by atomic mass is 16.5. The van der Waals surface area contributed by atoms with Gasteiger partial charge < -0.3 is 14.9 Å². The Kier molecular flexibility index (Phi) is 4.28. The van der Waals surface area contributed by atoms with E-state index in [9.17, 15) is 15.0 Å². The molecule has 0 radical (unpaired) electrons. The molecule has 0 spiro atoms. The maximum Gasteiger partial charge on any atom is 0.193 e. The van der Waals surface area contributed by atoms with Gasteiger partial charge in [-0.3, -0.25) is 4.79 Å². The van der Waals surface area contributed by atoms with Crippen LogP contribution in [0.1, 0.15) is 21.5 Å². The molecule has 0 aliphatic rings. The number of aliphatic hydroxyl groups excluding tert-OH is 1.